The maximum atomic E-state index is 12.1. The van der Waals surface area contributed by atoms with Crippen LogP contribution in [-0.4, -0.2) is 40.6 Å². The van der Waals surface area contributed by atoms with Gasteiger partial charge in [-0.2, -0.15) is 0 Å². The quantitative estimate of drug-likeness (QED) is 0.818. The van der Waals surface area contributed by atoms with Crippen LogP contribution in [0.1, 0.15) is 36.7 Å². The molecule has 0 radical (unpaired) electrons. The number of carbonyl (C=O) groups is 3. The molecule has 1 heterocycles. The Kier molecular flexibility index (Phi) is 5.23. The summed E-state index contributed by atoms with van der Waals surface area (Å²) in [7, 11) is 0. The van der Waals surface area contributed by atoms with Gasteiger partial charge in [0.1, 0.15) is 5.75 Å². The fourth-order valence-corrected chi connectivity index (χ4v) is 2.53. The molecule has 0 atom stereocenters. The van der Waals surface area contributed by atoms with Crippen LogP contribution in [0.15, 0.2) is 18.3 Å². The van der Waals surface area contributed by atoms with E-state index in [1.165, 1.54) is 30.5 Å². The van der Waals surface area contributed by atoms with Crippen LogP contribution in [0, 0.1) is 0 Å². The summed E-state index contributed by atoms with van der Waals surface area (Å²) < 4.78 is 6.34. The standard InChI is InChI=1S/C17H20N2O5/c1-4-24-17(23)19-9-12(5-6-18-11(3)21)14-8-16(22)13(10(2)20)7-15(14)19/h7-9,22H,4-6H2,1-3H3,(H,18,21). The number of hydrogen-bond acceptors (Lipinski definition) is 5. The molecule has 2 aromatic rings. The summed E-state index contributed by atoms with van der Waals surface area (Å²) in [6, 6.07) is 2.94. The summed E-state index contributed by atoms with van der Waals surface area (Å²) in [6.07, 6.45) is 1.52. The number of carbonyl (C=O) groups excluding carboxylic acids is 3. The second-order valence-corrected chi connectivity index (χ2v) is 5.40. The van der Waals surface area contributed by atoms with Gasteiger partial charge in [0.15, 0.2) is 5.78 Å². The highest BCUT2D eigenvalue weighted by Crippen LogP contribution is 2.30. The fourth-order valence-electron chi connectivity index (χ4n) is 2.53. The average Bonchev–Trinajstić information content (AvgIpc) is 2.84. The summed E-state index contributed by atoms with van der Waals surface area (Å²) in [5, 5.41) is 13.4. The molecule has 1 aromatic heterocycles. The van der Waals surface area contributed by atoms with Crippen molar-refractivity contribution in [3.05, 3.63) is 29.5 Å². The Bertz CT molecular complexity index is 807. The van der Waals surface area contributed by atoms with Crippen molar-refractivity contribution in [1.82, 2.24) is 9.88 Å². The minimum atomic E-state index is -0.562. The van der Waals surface area contributed by atoms with Gasteiger partial charge in [-0.05, 0) is 38.0 Å². The lowest BCUT2D eigenvalue weighted by molar-refractivity contribution is -0.118. The zero-order chi connectivity index (χ0) is 17.9. The van der Waals surface area contributed by atoms with Crippen LogP contribution in [0.3, 0.4) is 0 Å². The number of nitrogens with zero attached hydrogens (tertiary/aromatic N) is 1. The molecule has 7 nitrogen and oxygen atoms in total. The number of rotatable bonds is 5. The number of phenols is 1. The maximum absolute atomic E-state index is 12.1. The van der Waals surface area contributed by atoms with Crippen LogP contribution < -0.4 is 5.32 Å². The first-order valence-corrected chi connectivity index (χ1v) is 7.64. The number of benzene rings is 1. The van der Waals surface area contributed by atoms with Crippen molar-refractivity contribution in [2.24, 2.45) is 0 Å². The van der Waals surface area contributed by atoms with Crippen LogP contribution in [0.2, 0.25) is 0 Å². The van der Waals surface area contributed by atoms with Gasteiger partial charge < -0.3 is 15.2 Å². The van der Waals surface area contributed by atoms with Gasteiger partial charge in [0.25, 0.3) is 0 Å². The Morgan fingerprint density at radius 3 is 2.54 bits per heavy atom. The number of phenolic OH excluding ortho intramolecular Hbond substituents is 1. The molecule has 0 aliphatic carbocycles. The third-order valence-corrected chi connectivity index (χ3v) is 3.62. The molecule has 2 rings (SSSR count). The lowest BCUT2D eigenvalue weighted by Crippen LogP contribution is -2.22. The SMILES string of the molecule is CCOC(=O)n1cc(CCNC(C)=O)c2cc(O)c(C(C)=O)cc21. The first kappa shape index (κ1) is 17.5. The van der Waals surface area contributed by atoms with E-state index in [-0.39, 0.29) is 29.6 Å². The van der Waals surface area contributed by atoms with Gasteiger partial charge in [0, 0.05) is 25.1 Å². The van der Waals surface area contributed by atoms with Crippen LogP contribution in [-0.2, 0) is 16.0 Å². The third kappa shape index (κ3) is 3.56. The maximum Gasteiger partial charge on any atom is 0.418 e. The Hall–Kier alpha value is -2.83. The van der Waals surface area contributed by atoms with E-state index in [4.69, 9.17) is 4.74 Å². The molecule has 0 saturated heterocycles. The Morgan fingerprint density at radius 1 is 1.25 bits per heavy atom. The third-order valence-electron chi connectivity index (χ3n) is 3.62. The summed E-state index contributed by atoms with van der Waals surface area (Å²) in [5.41, 5.74) is 1.38. The van der Waals surface area contributed by atoms with Crippen molar-refractivity contribution in [3.63, 3.8) is 0 Å². The minimum absolute atomic E-state index is 0.138. The second-order valence-electron chi connectivity index (χ2n) is 5.40. The monoisotopic (exact) mass is 332 g/mol. The number of ether oxygens (including phenoxy) is 1. The van der Waals surface area contributed by atoms with E-state index in [1.807, 2.05) is 0 Å². The Morgan fingerprint density at radius 2 is 1.96 bits per heavy atom. The number of nitrogens with one attached hydrogen (secondary N) is 1. The van der Waals surface area contributed by atoms with Crippen molar-refractivity contribution >= 4 is 28.7 Å². The molecule has 0 spiro atoms. The highest BCUT2D eigenvalue weighted by atomic mass is 16.5. The van der Waals surface area contributed by atoms with Crippen molar-refractivity contribution in [2.75, 3.05) is 13.2 Å². The average molecular weight is 332 g/mol. The van der Waals surface area contributed by atoms with Crippen molar-refractivity contribution in [3.8, 4) is 5.75 Å². The molecule has 1 amide bonds. The Balaban J connectivity index is 2.53. The van der Waals surface area contributed by atoms with Gasteiger partial charge in [-0.3, -0.25) is 14.2 Å². The lowest BCUT2D eigenvalue weighted by Gasteiger charge is -2.06. The van der Waals surface area contributed by atoms with Crippen LogP contribution >= 0.6 is 0 Å². The van der Waals surface area contributed by atoms with Crippen molar-refractivity contribution in [2.45, 2.75) is 27.2 Å². The molecule has 128 valence electrons. The van der Waals surface area contributed by atoms with Gasteiger partial charge in [-0.1, -0.05) is 0 Å². The molecule has 0 bridgehead atoms. The number of hydrogen-bond donors (Lipinski definition) is 2. The van der Waals surface area contributed by atoms with Gasteiger partial charge in [-0.25, -0.2) is 4.79 Å². The molecule has 0 fully saturated rings. The molecule has 0 unspecified atom stereocenters. The van der Waals surface area contributed by atoms with E-state index in [2.05, 4.69) is 5.32 Å². The van der Waals surface area contributed by atoms with Crippen LogP contribution in [0.5, 0.6) is 5.75 Å². The lowest BCUT2D eigenvalue weighted by atomic mass is 10.0. The number of ketones is 1. The van der Waals surface area contributed by atoms with Crippen LogP contribution in [0.4, 0.5) is 4.79 Å². The topological polar surface area (TPSA) is 97.6 Å². The molecular formula is C17H20N2O5. The van der Waals surface area contributed by atoms with E-state index < -0.39 is 6.09 Å². The van der Waals surface area contributed by atoms with E-state index in [1.54, 1.807) is 13.1 Å². The number of Topliss-reactive ketones (excluding diaryl/α,β-unsaturated/α-hetero) is 1. The van der Waals surface area contributed by atoms with Gasteiger partial charge in [0.2, 0.25) is 5.91 Å². The molecule has 0 aliphatic heterocycles. The van der Waals surface area contributed by atoms with E-state index >= 15 is 0 Å². The van der Waals surface area contributed by atoms with E-state index in [0.29, 0.717) is 23.9 Å². The predicted octanol–water partition coefficient (Wildman–Crippen LogP) is 2.23. The summed E-state index contributed by atoms with van der Waals surface area (Å²) in [5.74, 6) is -0.589. The first-order chi connectivity index (χ1) is 11.3. The molecule has 2 N–H and O–H groups in total. The largest absolute Gasteiger partial charge is 0.507 e. The summed E-state index contributed by atoms with van der Waals surface area (Å²) in [4.78, 5) is 34.8. The van der Waals surface area contributed by atoms with Crippen LogP contribution in [0.25, 0.3) is 10.9 Å². The zero-order valence-electron chi connectivity index (χ0n) is 13.9. The highest BCUT2D eigenvalue weighted by Gasteiger charge is 2.18. The minimum Gasteiger partial charge on any atom is -0.507 e. The molecule has 1 aromatic carbocycles. The van der Waals surface area contributed by atoms with E-state index in [9.17, 15) is 19.5 Å². The normalized spacial score (nSPS) is 10.6. The number of aromatic nitrogens is 1. The van der Waals surface area contributed by atoms with Crippen molar-refractivity contribution < 1.29 is 24.2 Å². The fraction of sp³-hybridized carbons (Fsp3) is 0.353. The zero-order valence-corrected chi connectivity index (χ0v) is 13.9. The van der Waals surface area contributed by atoms with Gasteiger partial charge in [0.05, 0.1) is 17.7 Å². The molecule has 24 heavy (non-hydrogen) atoms. The second kappa shape index (κ2) is 7.16. The summed E-state index contributed by atoms with van der Waals surface area (Å²) >= 11 is 0. The first-order valence-electron chi connectivity index (χ1n) is 7.64. The van der Waals surface area contributed by atoms with Crippen molar-refractivity contribution in [1.29, 1.82) is 0 Å². The number of amides is 1. The number of fused-ring (bicyclic) bond motifs is 1. The molecule has 0 aliphatic rings. The molecule has 7 heteroatoms. The summed E-state index contributed by atoms with van der Waals surface area (Å²) in [6.45, 7) is 5.08. The highest BCUT2D eigenvalue weighted by molar-refractivity contribution is 6.03. The van der Waals surface area contributed by atoms with Gasteiger partial charge in [-0.15, -0.1) is 0 Å². The van der Waals surface area contributed by atoms with E-state index in [0.717, 1.165) is 5.56 Å². The molecular weight excluding hydrogens is 312 g/mol. The molecule has 0 saturated carbocycles. The number of aromatic hydroxyl groups is 1. The Labute approximate surface area is 139 Å². The predicted molar refractivity (Wildman–Crippen MR) is 88.4 cm³/mol. The smallest absolute Gasteiger partial charge is 0.418 e. The van der Waals surface area contributed by atoms with Gasteiger partial charge >= 0.3 is 6.09 Å².